The van der Waals surface area contributed by atoms with E-state index in [4.69, 9.17) is 5.73 Å². The molecule has 0 unspecified atom stereocenters. The number of aryl methyl sites for hydroxylation is 1. The van der Waals surface area contributed by atoms with E-state index < -0.39 is 0 Å². The van der Waals surface area contributed by atoms with E-state index in [1.807, 2.05) is 13.0 Å². The lowest BCUT2D eigenvalue weighted by Crippen LogP contribution is -1.97. The summed E-state index contributed by atoms with van der Waals surface area (Å²) in [6, 6.07) is 1.90. The van der Waals surface area contributed by atoms with Crippen molar-refractivity contribution < 1.29 is 0 Å². The maximum atomic E-state index is 5.77. The van der Waals surface area contributed by atoms with Crippen LogP contribution < -0.4 is 5.73 Å². The molecule has 0 saturated carbocycles. The van der Waals surface area contributed by atoms with Crippen LogP contribution in [0.5, 0.6) is 0 Å². The predicted octanol–water partition coefficient (Wildman–Crippen LogP) is 1.43. The zero-order chi connectivity index (χ0) is 9.97. The Bertz CT molecular complexity index is 419. The summed E-state index contributed by atoms with van der Waals surface area (Å²) in [5, 5.41) is 0. The van der Waals surface area contributed by atoms with Crippen molar-refractivity contribution in [2.45, 2.75) is 6.92 Å². The van der Waals surface area contributed by atoms with Crippen LogP contribution in [-0.2, 0) is 0 Å². The number of hydrogen-bond donors (Lipinski definition) is 1. The largest absolute Gasteiger partial charge is 0.383 e. The Morgan fingerprint density at radius 2 is 2.00 bits per heavy atom. The zero-order valence-electron chi connectivity index (χ0n) is 7.81. The van der Waals surface area contributed by atoms with Crippen molar-refractivity contribution in [3.8, 4) is 11.3 Å². The summed E-state index contributed by atoms with van der Waals surface area (Å²) in [7, 11) is 0. The van der Waals surface area contributed by atoms with Gasteiger partial charge < -0.3 is 5.73 Å². The van der Waals surface area contributed by atoms with Gasteiger partial charge in [0.05, 0.1) is 11.9 Å². The van der Waals surface area contributed by atoms with Gasteiger partial charge in [0.1, 0.15) is 5.82 Å². The maximum Gasteiger partial charge on any atom is 0.133 e. The van der Waals surface area contributed by atoms with Gasteiger partial charge in [0.25, 0.3) is 0 Å². The smallest absolute Gasteiger partial charge is 0.133 e. The number of nitrogens with two attached hydrogens (primary N) is 1. The minimum Gasteiger partial charge on any atom is -0.383 e. The van der Waals surface area contributed by atoms with E-state index in [9.17, 15) is 0 Å². The van der Waals surface area contributed by atoms with Gasteiger partial charge in [-0.25, -0.2) is 4.98 Å². The highest BCUT2D eigenvalue weighted by atomic mass is 14.8. The van der Waals surface area contributed by atoms with Crippen LogP contribution in [0.3, 0.4) is 0 Å². The highest BCUT2D eigenvalue weighted by Crippen LogP contribution is 2.24. The lowest BCUT2D eigenvalue weighted by molar-refractivity contribution is 1.19. The van der Waals surface area contributed by atoms with E-state index >= 15 is 0 Å². The third-order valence-corrected chi connectivity index (χ3v) is 2.01. The van der Waals surface area contributed by atoms with Gasteiger partial charge in [-0.3, -0.25) is 9.97 Å². The first-order valence-corrected chi connectivity index (χ1v) is 4.26. The van der Waals surface area contributed by atoms with E-state index in [-0.39, 0.29) is 0 Å². The molecule has 14 heavy (non-hydrogen) atoms. The summed E-state index contributed by atoms with van der Waals surface area (Å²) >= 11 is 0. The summed E-state index contributed by atoms with van der Waals surface area (Å²) in [5.41, 5.74) is 8.45. The Morgan fingerprint density at radius 1 is 1.14 bits per heavy atom. The number of nitrogen functional groups attached to an aromatic ring is 1. The molecule has 4 heteroatoms. The number of hydrogen-bond acceptors (Lipinski definition) is 4. The Labute approximate surface area is 81.9 Å². The fourth-order valence-corrected chi connectivity index (χ4v) is 1.34. The van der Waals surface area contributed by atoms with E-state index in [1.165, 1.54) is 0 Å². The van der Waals surface area contributed by atoms with Gasteiger partial charge >= 0.3 is 0 Å². The molecule has 2 rings (SSSR count). The second kappa shape index (κ2) is 3.41. The molecule has 0 bridgehead atoms. The highest BCUT2D eigenvalue weighted by Gasteiger charge is 2.07. The second-order valence-electron chi connectivity index (χ2n) is 2.98. The van der Waals surface area contributed by atoms with E-state index in [0.717, 1.165) is 16.8 Å². The first kappa shape index (κ1) is 8.62. The minimum absolute atomic E-state index is 0.491. The van der Waals surface area contributed by atoms with Crippen molar-refractivity contribution in [2.24, 2.45) is 0 Å². The zero-order valence-corrected chi connectivity index (χ0v) is 7.81. The van der Waals surface area contributed by atoms with E-state index in [1.54, 1.807) is 24.8 Å². The maximum absolute atomic E-state index is 5.77. The van der Waals surface area contributed by atoms with Gasteiger partial charge in [-0.05, 0) is 18.6 Å². The summed E-state index contributed by atoms with van der Waals surface area (Å²) < 4.78 is 0. The molecule has 0 radical (unpaired) electrons. The standard InChI is InChI=1S/C10H10N4/c1-7-2-3-14-10(11)9(7)8-6-12-4-5-13-8/h2-6H,1H3,(H2,11,14). The summed E-state index contributed by atoms with van der Waals surface area (Å²) in [6.45, 7) is 1.97. The Hall–Kier alpha value is -1.97. The molecular formula is C10H10N4. The van der Waals surface area contributed by atoms with Crippen LogP contribution in [0.1, 0.15) is 5.56 Å². The molecule has 2 aromatic heterocycles. The fourth-order valence-electron chi connectivity index (χ4n) is 1.34. The molecule has 0 aliphatic carbocycles. The monoisotopic (exact) mass is 186 g/mol. The number of pyridine rings is 1. The summed E-state index contributed by atoms with van der Waals surface area (Å²) in [4.78, 5) is 12.2. The molecule has 0 aromatic carbocycles. The van der Waals surface area contributed by atoms with Gasteiger partial charge in [-0.15, -0.1) is 0 Å². The van der Waals surface area contributed by atoms with Crippen LogP contribution >= 0.6 is 0 Å². The Kier molecular flexibility index (Phi) is 2.10. The number of nitrogens with zero attached hydrogens (tertiary/aromatic N) is 3. The summed E-state index contributed by atoms with van der Waals surface area (Å²) in [5.74, 6) is 0.491. The highest BCUT2D eigenvalue weighted by molar-refractivity contribution is 5.73. The first-order valence-electron chi connectivity index (χ1n) is 4.26. The first-order chi connectivity index (χ1) is 6.79. The summed E-state index contributed by atoms with van der Waals surface area (Å²) in [6.07, 6.45) is 6.64. The van der Waals surface area contributed by atoms with Crippen LogP contribution in [0.2, 0.25) is 0 Å². The third kappa shape index (κ3) is 1.42. The molecule has 2 heterocycles. The van der Waals surface area contributed by atoms with Gasteiger partial charge in [-0.1, -0.05) is 0 Å². The molecule has 0 atom stereocenters. The topological polar surface area (TPSA) is 64.7 Å². The lowest BCUT2D eigenvalue weighted by Gasteiger charge is -2.06. The van der Waals surface area contributed by atoms with Crippen molar-refractivity contribution in [1.29, 1.82) is 0 Å². The van der Waals surface area contributed by atoms with E-state index in [2.05, 4.69) is 15.0 Å². The van der Waals surface area contributed by atoms with Crippen LogP contribution in [0, 0.1) is 6.92 Å². The molecule has 0 aliphatic heterocycles. The normalized spacial score (nSPS) is 10.1. The van der Waals surface area contributed by atoms with E-state index in [0.29, 0.717) is 5.82 Å². The predicted molar refractivity (Wildman–Crippen MR) is 54.4 cm³/mol. The SMILES string of the molecule is Cc1ccnc(N)c1-c1cnccn1. The molecule has 0 spiro atoms. The number of aromatic nitrogens is 3. The molecule has 0 aliphatic rings. The van der Waals surface area contributed by atoms with Crippen molar-refractivity contribution in [2.75, 3.05) is 5.73 Å². The molecular weight excluding hydrogens is 176 g/mol. The molecule has 70 valence electrons. The van der Waals surface area contributed by atoms with Gasteiger partial charge in [0.15, 0.2) is 0 Å². The number of anilines is 1. The quantitative estimate of drug-likeness (QED) is 0.731. The average molecular weight is 186 g/mol. The third-order valence-electron chi connectivity index (χ3n) is 2.01. The Morgan fingerprint density at radius 3 is 2.64 bits per heavy atom. The molecule has 4 nitrogen and oxygen atoms in total. The van der Waals surface area contributed by atoms with Gasteiger partial charge in [-0.2, -0.15) is 0 Å². The van der Waals surface area contributed by atoms with Crippen molar-refractivity contribution in [3.05, 3.63) is 36.4 Å². The van der Waals surface area contributed by atoms with Crippen molar-refractivity contribution in [1.82, 2.24) is 15.0 Å². The van der Waals surface area contributed by atoms with Gasteiger partial charge in [0, 0.05) is 24.2 Å². The van der Waals surface area contributed by atoms with Crippen molar-refractivity contribution >= 4 is 5.82 Å². The van der Waals surface area contributed by atoms with Crippen LogP contribution in [0.15, 0.2) is 30.9 Å². The lowest BCUT2D eigenvalue weighted by atomic mass is 10.1. The molecule has 2 aromatic rings. The second-order valence-corrected chi connectivity index (χ2v) is 2.98. The number of rotatable bonds is 1. The average Bonchev–Trinajstić information content (AvgIpc) is 2.19. The molecule has 2 N–H and O–H groups in total. The van der Waals surface area contributed by atoms with Crippen molar-refractivity contribution in [3.63, 3.8) is 0 Å². The molecule has 0 fully saturated rings. The minimum atomic E-state index is 0.491. The van der Waals surface area contributed by atoms with Crippen LogP contribution in [0.25, 0.3) is 11.3 Å². The molecule has 0 saturated heterocycles. The van der Waals surface area contributed by atoms with Crippen LogP contribution in [-0.4, -0.2) is 15.0 Å². The molecule has 0 amide bonds. The van der Waals surface area contributed by atoms with Gasteiger partial charge in [0.2, 0.25) is 0 Å². The van der Waals surface area contributed by atoms with Crippen LogP contribution in [0.4, 0.5) is 5.82 Å². The fraction of sp³-hybridized carbons (Fsp3) is 0.100. The Balaban J connectivity index is 2.63.